The van der Waals surface area contributed by atoms with Gasteiger partial charge in [-0.2, -0.15) is 0 Å². The van der Waals surface area contributed by atoms with Crippen LogP contribution in [-0.2, 0) is 4.79 Å². The topological polar surface area (TPSA) is 62.6 Å². The molecule has 4 rings (SSSR count). The lowest BCUT2D eigenvalue weighted by Gasteiger charge is -2.17. The molecule has 2 unspecified atom stereocenters. The molecule has 0 aliphatic heterocycles. The van der Waals surface area contributed by atoms with Crippen molar-refractivity contribution in [3.05, 3.63) is 84.3 Å². The Kier molecular flexibility index (Phi) is 4.50. The molecule has 2 amide bonds. The molecule has 27 heavy (non-hydrogen) atoms. The maximum Gasteiger partial charge on any atom is 0.258 e. The molecular formula is C22H20N2O3. The molecule has 5 nitrogen and oxygen atoms in total. The molecule has 0 radical (unpaired) electrons. The van der Waals surface area contributed by atoms with Gasteiger partial charge in [-0.05, 0) is 48.9 Å². The van der Waals surface area contributed by atoms with Crippen LogP contribution in [0.2, 0.25) is 0 Å². The average Bonchev–Trinajstić information content (AvgIpc) is 3.33. The van der Waals surface area contributed by atoms with Gasteiger partial charge < -0.3 is 14.6 Å². The van der Waals surface area contributed by atoms with Crippen LogP contribution < -0.4 is 10.2 Å². The molecule has 1 N–H and O–H groups in total. The van der Waals surface area contributed by atoms with E-state index >= 15 is 0 Å². The van der Waals surface area contributed by atoms with Gasteiger partial charge in [0, 0.05) is 35.8 Å². The van der Waals surface area contributed by atoms with Gasteiger partial charge in [-0.3, -0.25) is 9.59 Å². The fraction of sp³-hybridized carbons (Fsp3) is 0.182. The fourth-order valence-corrected chi connectivity index (χ4v) is 3.23. The van der Waals surface area contributed by atoms with Crippen molar-refractivity contribution in [1.29, 1.82) is 0 Å². The van der Waals surface area contributed by atoms with Gasteiger partial charge in [-0.15, -0.1) is 0 Å². The van der Waals surface area contributed by atoms with Crippen LogP contribution >= 0.6 is 0 Å². The third-order valence-corrected chi connectivity index (χ3v) is 4.86. The molecule has 0 bridgehead atoms. The van der Waals surface area contributed by atoms with E-state index in [1.54, 1.807) is 42.5 Å². The summed E-state index contributed by atoms with van der Waals surface area (Å²) in [5.41, 5.74) is 1.96. The summed E-state index contributed by atoms with van der Waals surface area (Å²) in [6.07, 6.45) is 2.41. The number of nitrogens with one attached hydrogen (secondary N) is 1. The van der Waals surface area contributed by atoms with Crippen molar-refractivity contribution in [3.8, 4) is 0 Å². The van der Waals surface area contributed by atoms with Crippen LogP contribution in [0.5, 0.6) is 0 Å². The Morgan fingerprint density at radius 3 is 2.59 bits per heavy atom. The predicted molar refractivity (Wildman–Crippen MR) is 104 cm³/mol. The molecule has 1 aliphatic carbocycles. The quantitative estimate of drug-likeness (QED) is 0.738. The Morgan fingerprint density at radius 2 is 1.85 bits per heavy atom. The molecule has 136 valence electrons. The maximum absolute atomic E-state index is 12.7. The number of hydrogen-bond donors (Lipinski definition) is 1. The highest BCUT2D eigenvalue weighted by Crippen LogP contribution is 2.48. The van der Waals surface area contributed by atoms with Gasteiger partial charge in [0.2, 0.25) is 5.91 Å². The van der Waals surface area contributed by atoms with Crippen molar-refractivity contribution in [2.45, 2.75) is 12.3 Å². The lowest BCUT2D eigenvalue weighted by Crippen LogP contribution is -2.26. The van der Waals surface area contributed by atoms with E-state index in [2.05, 4.69) is 5.32 Å². The molecule has 0 saturated heterocycles. The second-order valence-electron chi connectivity index (χ2n) is 6.73. The zero-order valence-electron chi connectivity index (χ0n) is 15.0. The summed E-state index contributed by atoms with van der Waals surface area (Å²) in [5.74, 6) is 0.745. The second kappa shape index (κ2) is 7.11. The first-order valence-electron chi connectivity index (χ1n) is 8.91. The molecule has 3 aromatic rings. The van der Waals surface area contributed by atoms with Crippen molar-refractivity contribution in [2.24, 2.45) is 5.92 Å². The van der Waals surface area contributed by atoms with E-state index in [0.29, 0.717) is 11.3 Å². The van der Waals surface area contributed by atoms with Crippen LogP contribution in [0.4, 0.5) is 11.4 Å². The van der Waals surface area contributed by atoms with Gasteiger partial charge in [0.15, 0.2) is 0 Å². The SMILES string of the molecule is CN(C(=O)c1cccc(NC(=O)C2CC2c2ccco2)c1)c1ccccc1. The maximum atomic E-state index is 12.7. The summed E-state index contributed by atoms with van der Waals surface area (Å²) < 4.78 is 5.38. The second-order valence-corrected chi connectivity index (χ2v) is 6.73. The summed E-state index contributed by atoms with van der Waals surface area (Å²) in [4.78, 5) is 26.8. The zero-order valence-corrected chi connectivity index (χ0v) is 15.0. The standard InChI is InChI=1S/C22H20N2O3/c1-24(17-9-3-2-4-10-17)22(26)15-7-5-8-16(13-15)23-21(25)19-14-18(19)20-11-6-12-27-20/h2-13,18-19H,14H2,1H3,(H,23,25). The Morgan fingerprint density at radius 1 is 1.04 bits per heavy atom. The van der Waals surface area contributed by atoms with Gasteiger partial charge in [-0.1, -0.05) is 24.3 Å². The van der Waals surface area contributed by atoms with Gasteiger partial charge in [0.25, 0.3) is 5.91 Å². The minimum absolute atomic E-state index is 0.0441. The first-order chi connectivity index (χ1) is 13.1. The van der Waals surface area contributed by atoms with Crippen LogP contribution in [-0.4, -0.2) is 18.9 Å². The number of anilines is 2. The number of carbonyl (C=O) groups is 2. The Bertz CT molecular complexity index is 951. The summed E-state index contributed by atoms with van der Waals surface area (Å²) in [7, 11) is 1.74. The molecule has 2 aromatic carbocycles. The molecular weight excluding hydrogens is 340 g/mol. The highest BCUT2D eigenvalue weighted by molar-refractivity contribution is 6.06. The van der Waals surface area contributed by atoms with Crippen LogP contribution in [0, 0.1) is 5.92 Å². The number of carbonyl (C=O) groups excluding carboxylic acids is 2. The van der Waals surface area contributed by atoms with Crippen molar-refractivity contribution < 1.29 is 14.0 Å². The molecule has 2 atom stereocenters. The summed E-state index contributed by atoms with van der Waals surface area (Å²) in [6.45, 7) is 0. The smallest absolute Gasteiger partial charge is 0.258 e. The van der Waals surface area contributed by atoms with E-state index in [1.165, 1.54) is 0 Å². The van der Waals surface area contributed by atoms with E-state index in [1.807, 2.05) is 42.5 Å². The van der Waals surface area contributed by atoms with Crippen molar-refractivity contribution in [2.75, 3.05) is 17.3 Å². The molecule has 1 aliphatic rings. The van der Waals surface area contributed by atoms with Crippen LogP contribution in [0.15, 0.2) is 77.4 Å². The minimum Gasteiger partial charge on any atom is -0.469 e. The number of hydrogen-bond acceptors (Lipinski definition) is 3. The average molecular weight is 360 g/mol. The Balaban J connectivity index is 1.43. The summed E-state index contributed by atoms with van der Waals surface area (Å²) in [6, 6.07) is 20.2. The number of rotatable bonds is 5. The van der Waals surface area contributed by atoms with E-state index in [4.69, 9.17) is 4.42 Å². The van der Waals surface area contributed by atoms with Gasteiger partial charge in [0.05, 0.1) is 6.26 Å². The fourth-order valence-electron chi connectivity index (χ4n) is 3.23. The van der Waals surface area contributed by atoms with Gasteiger partial charge in [-0.25, -0.2) is 0 Å². The highest BCUT2D eigenvalue weighted by atomic mass is 16.3. The number of furan rings is 1. The lowest BCUT2D eigenvalue weighted by atomic mass is 10.1. The predicted octanol–water partition coefficient (Wildman–Crippen LogP) is 4.30. The molecule has 1 heterocycles. The molecule has 0 spiro atoms. The molecule has 1 fully saturated rings. The van der Waals surface area contributed by atoms with E-state index in [9.17, 15) is 9.59 Å². The van der Waals surface area contributed by atoms with E-state index in [0.717, 1.165) is 17.9 Å². The molecule has 5 heteroatoms. The Labute approximate surface area is 157 Å². The lowest BCUT2D eigenvalue weighted by molar-refractivity contribution is -0.117. The first-order valence-corrected chi connectivity index (χ1v) is 8.91. The number of amides is 2. The van der Waals surface area contributed by atoms with E-state index in [-0.39, 0.29) is 23.7 Å². The van der Waals surface area contributed by atoms with Crippen LogP contribution in [0.25, 0.3) is 0 Å². The van der Waals surface area contributed by atoms with Crippen LogP contribution in [0.3, 0.4) is 0 Å². The zero-order chi connectivity index (χ0) is 18.8. The Hall–Kier alpha value is -3.34. The van der Waals surface area contributed by atoms with Crippen molar-refractivity contribution >= 4 is 23.2 Å². The molecule has 1 saturated carbocycles. The van der Waals surface area contributed by atoms with Crippen LogP contribution in [0.1, 0.15) is 28.5 Å². The first kappa shape index (κ1) is 17.1. The third-order valence-electron chi connectivity index (χ3n) is 4.86. The minimum atomic E-state index is -0.128. The van der Waals surface area contributed by atoms with E-state index < -0.39 is 0 Å². The summed E-state index contributed by atoms with van der Waals surface area (Å²) >= 11 is 0. The number of para-hydroxylation sites is 1. The number of benzene rings is 2. The monoisotopic (exact) mass is 360 g/mol. The molecule has 1 aromatic heterocycles. The van der Waals surface area contributed by atoms with Gasteiger partial charge in [0.1, 0.15) is 5.76 Å². The van der Waals surface area contributed by atoms with Crippen molar-refractivity contribution in [3.63, 3.8) is 0 Å². The van der Waals surface area contributed by atoms with Gasteiger partial charge >= 0.3 is 0 Å². The number of nitrogens with zero attached hydrogens (tertiary/aromatic N) is 1. The largest absolute Gasteiger partial charge is 0.469 e. The third kappa shape index (κ3) is 3.62. The highest BCUT2D eigenvalue weighted by Gasteiger charge is 2.45. The normalized spacial score (nSPS) is 18.0. The summed E-state index contributed by atoms with van der Waals surface area (Å²) in [5, 5.41) is 2.92. The van der Waals surface area contributed by atoms with Crippen molar-refractivity contribution in [1.82, 2.24) is 0 Å².